The maximum atomic E-state index is 13.2. The number of aryl methyl sites for hydroxylation is 1. The van der Waals surface area contributed by atoms with Crippen LogP contribution in [0.15, 0.2) is 35.4 Å². The number of carbonyl (C=O) groups excluding carboxylic acids is 1. The second-order valence-electron chi connectivity index (χ2n) is 6.25. The number of benzene rings is 1. The van der Waals surface area contributed by atoms with Crippen molar-refractivity contribution in [1.82, 2.24) is 14.1 Å². The van der Waals surface area contributed by atoms with Crippen LogP contribution in [0, 0.1) is 19.7 Å². The van der Waals surface area contributed by atoms with Crippen molar-refractivity contribution in [3.05, 3.63) is 63.7 Å². The van der Waals surface area contributed by atoms with Gasteiger partial charge >= 0.3 is 6.18 Å². The highest BCUT2D eigenvalue weighted by Crippen LogP contribution is 2.23. The summed E-state index contributed by atoms with van der Waals surface area (Å²) in [7, 11) is 0. The molecule has 27 heavy (non-hydrogen) atoms. The summed E-state index contributed by atoms with van der Waals surface area (Å²) in [5, 5.41) is 0.147. The smallest absolute Gasteiger partial charge is 0.339 e. The number of nitrogens with zero attached hydrogens (tertiary/aromatic N) is 3. The molecule has 0 spiro atoms. The van der Waals surface area contributed by atoms with E-state index in [2.05, 4.69) is 4.98 Å². The van der Waals surface area contributed by atoms with Gasteiger partial charge in [0.2, 0.25) is 0 Å². The number of aromatic nitrogens is 3. The van der Waals surface area contributed by atoms with E-state index in [4.69, 9.17) is 0 Å². The Labute approximate surface area is 150 Å². The molecule has 0 aliphatic rings. The Balaban J connectivity index is 1.93. The van der Waals surface area contributed by atoms with Crippen molar-refractivity contribution in [2.75, 3.05) is 0 Å². The molecule has 3 aromatic rings. The van der Waals surface area contributed by atoms with Gasteiger partial charge in [-0.3, -0.25) is 14.2 Å². The summed E-state index contributed by atoms with van der Waals surface area (Å²) in [4.78, 5) is 29.0. The Morgan fingerprint density at radius 2 is 1.89 bits per heavy atom. The van der Waals surface area contributed by atoms with Crippen molar-refractivity contribution >= 4 is 16.7 Å². The van der Waals surface area contributed by atoms with Crippen LogP contribution in [-0.4, -0.2) is 26.1 Å². The SMILES string of the molecule is Cc1cc(C(=O)Cn2cnc3cc(F)ccc3c2=O)c(C)n1CC(F)(F)F. The number of hydrogen-bond acceptors (Lipinski definition) is 3. The number of carbonyl (C=O) groups is 1. The molecule has 9 heteroatoms. The molecule has 0 fully saturated rings. The Hall–Kier alpha value is -2.97. The zero-order valence-electron chi connectivity index (χ0n) is 14.5. The lowest BCUT2D eigenvalue weighted by Crippen LogP contribution is -2.25. The van der Waals surface area contributed by atoms with Gasteiger partial charge in [-0.05, 0) is 32.0 Å². The van der Waals surface area contributed by atoms with E-state index in [1.807, 2.05) is 0 Å². The Morgan fingerprint density at radius 1 is 1.19 bits per heavy atom. The van der Waals surface area contributed by atoms with Crippen LogP contribution in [0.1, 0.15) is 21.7 Å². The first-order chi connectivity index (χ1) is 12.6. The molecule has 0 bridgehead atoms. The van der Waals surface area contributed by atoms with Gasteiger partial charge < -0.3 is 4.57 Å². The highest BCUT2D eigenvalue weighted by molar-refractivity contribution is 5.97. The molecule has 0 unspecified atom stereocenters. The van der Waals surface area contributed by atoms with E-state index in [0.717, 1.165) is 27.6 Å². The zero-order chi connectivity index (χ0) is 19.9. The number of fused-ring (bicyclic) bond motifs is 1. The van der Waals surface area contributed by atoms with E-state index in [1.54, 1.807) is 0 Å². The molecule has 3 rings (SSSR count). The molecule has 1 aromatic carbocycles. The first kappa shape index (κ1) is 18.8. The third-order valence-corrected chi connectivity index (χ3v) is 4.31. The molecule has 0 aliphatic heterocycles. The maximum absolute atomic E-state index is 13.2. The van der Waals surface area contributed by atoms with Gasteiger partial charge in [-0.2, -0.15) is 13.2 Å². The predicted molar refractivity (Wildman–Crippen MR) is 90.3 cm³/mol. The van der Waals surface area contributed by atoms with Crippen LogP contribution in [0.2, 0.25) is 0 Å². The molecule has 0 N–H and O–H groups in total. The normalized spacial score (nSPS) is 11.9. The van der Waals surface area contributed by atoms with E-state index in [1.165, 1.54) is 26.0 Å². The monoisotopic (exact) mass is 381 g/mol. The second kappa shape index (κ2) is 6.64. The van der Waals surface area contributed by atoms with Gasteiger partial charge in [-0.25, -0.2) is 9.37 Å². The number of Topliss-reactive ketones (excluding diaryl/α,β-unsaturated/α-hetero) is 1. The van der Waals surface area contributed by atoms with Gasteiger partial charge in [0, 0.05) is 23.0 Å². The Bertz CT molecular complexity index is 1100. The quantitative estimate of drug-likeness (QED) is 0.514. The highest BCUT2D eigenvalue weighted by atomic mass is 19.4. The standard InChI is InChI=1S/C18H15F4N3O2/c1-10-5-14(11(2)25(10)8-18(20,21)22)16(26)7-24-9-23-15-6-12(19)3-4-13(15)17(24)27/h3-6,9H,7-8H2,1-2H3. The van der Waals surface area contributed by atoms with E-state index in [-0.39, 0.29) is 28.7 Å². The third-order valence-electron chi connectivity index (χ3n) is 4.31. The van der Waals surface area contributed by atoms with Crippen LogP contribution in [0.3, 0.4) is 0 Å². The van der Waals surface area contributed by atoms with Gasteiger partial charge in [-0.1, -0.05) is 0 Å². The summed E-state index contributed by atoms with van der Waals surface area (Å²) in [5.74, 6) is -1.05. The number of rotatable bonds is 4. The second-order valence-corrected chi connectivity index (χ2v) is 6.25. The molecule has 0 atom stereocenters. The van der Waals surface area contributed by atoms with Crippen molar-refractivity contribution < 1.29 is 22.4 Å². The van der Waals surface area contributed by atoms with Crippen LogP contribution in [-0.2, 0) is 13.1 Å². The van der Waals surface area contributed by atoms with Crippen molar-refractivity contribution in [2.24, 2.45) is 0 Å². The van der Waals surface area contributed by atoms with Crippen molar-refractivity contribution in [2.45, 2.75) is 33.1 Å². The lowest BCUT2D eigenvalue weighted by molar-refractivity contribution is -0.141. The molecule has 5 nitrogen and oxygen atoms in total. The molecule has 0 amide bonds. The van der Waals surface area contributed by atoms with Crippen LogP contribution in [0.5, 0.6) is 0 Å². The third kappa shape index (κ3) is 3.76. The van der Waals surface area contributed by atoms with Gasteiger partial charge in [0.05, 0.1) is 23.8 Å². The van der Waals surface area contributed by atoms with Gasteiger partial charge in [-0.15, -0.1) is 0 Å². The molecular formula is C18H15F4N3O2. The van der Waals surface area contributed by atoms with Crippen molar-refractivity contribution in [1.29, 1.82) is 0 Å². The van der Waals surface area contributed by atoms with Gasteiger partial charge in [0.15, 0.2) is 5.78 Å². The van der Waals surface area contributed by atoms with E-state index >= 15 is 0 Å². The fourth-order valence-electron chi connectivity index (χ4n) is 2.99. The summed E-state index contributed by atoms with van der Waals surface area (Å²) in [6.45, 7) is 1.33. The molecule has 0 radical (unpaired) electrons. The first-order valence-corrected chi connectivity index (χ1v) is 7.98. The van der Waals surface area contributed by atoms with Gasteiger partial charge in [0.25, 0.3) is 5.56 Å². The maximum Gasteiger partial charge on any atom is 0.406 e. The van der Waals surface area contributed by atoms with Crippen LogP contribution in [0.4, 0.5) is 17.6 Å². The molecule has 0 saturated heterocycles. The fraction of sp³-hybridized carbons (Fsp3) is 0.278. The fourth-order valence-corrected chi connectivity index (χ4v) is 2.99. The number of halogens is 4. The molecule has 2 aromatic heterocycles. The molecule has 142 valence electrons. The summed E-state index contributed by atoms with van der Waals surface area (Å²) < 4.78 is 53.4. The van der Waals surface area contributed by atoms with E-state index in [9.17, 15) is 27.2 Å². The predicted octanol–water partition coefficient (Wildman–Crippen LogP) is 3.40. The minimum Gasteiger partial charge on any atom is -0.339 e. The topological polar surface area (TPSA) is 56.9 Å². The van der Waals surface area contributed by atoms with Crippen molar-refractivity contribution in [3.8, 4) is 0 Å². The van der Waals surface area contributed by atoms with Crippen LogP contribution in [0.25, 0.3) is 10.9 Å². The van der Waals surface area contributed by atoms with Crippen LogP contribution < -0.4 is 5.56 Å². The summed E-state index contributed by atoms with van der Waals surface area (Å²) >= 11 is 0. The van der Waals surface area contributed by atoms with Gasteiger partial charge in [0.1, 0.15) is 12.4 Å². The minimum absolute atomic E-state index is 0.114. The van der Waals surface area contributed by atoms with E-state index in [0.29, 0.717) is 5.69 Å². The molecule has 2 heterocycles. The number of ketones is 1. The minimum atomic E-state index is -4.41. The summed E-state index contributed by atoms with van der Waals surface area (Å²) in [6, 6.07) is 4.87. The van der Waals surface area contributed by atoms with E-state index < -0.39 is 29.9 Å². The average Bonchev–Trinajstić information content (AvgIpc) is 2.84. The Kier molecular flexibility index (Phi) is 4.63. The van der Waals surface area contributed by atoms with Crippen molar-refractivity contribution in [3.63, 3.8) is 0 Å². The Morgan fingerprint density at radius 3 is 2.56 bits per heavy atom. The zero-order valence-corrected chi connectivity index (χ0v) is 14.5. The first-order valence-electron chi connectivity index (χ1n) is 7.98. The van der Waals surface area contributed by atoms with Crippen LogP contribution >= 0.6 is 0 Å². The number of hydrogen-bond donors (Lipinski definition) is 0. The summed E-state index contributed by atoms with van der Waals surface area (Å²) in [6.07, 6.45) is -3.29. The largest absolute Gasteiger partial charge is 0.406 e. The molecule has 0 aliphatic carbocycles. The molecular weight excluding hydrogens is 366 g/mol. The lowest BCUT2D eigenvalue weighted by Gasteiger charge is -2.12. The molecule has 0 saturated carbocycles. The highest BCUT2D eigenvalue weighted by Gasteiger charge is 2.30. The summed E-state index contributed by atoms with van der Waals surface area (Å²) in [5.41, 5.74) is 0.221. The average molecular weight is 381 g/mol. The number of alkyl halides is 3. The lowest BCUT2D eigenvalue weighted by atomic mass is 10.1.